The van der Waals surface area contributed by atoms with Crippen LogP contribution >= 0.6 is 0 Å². The first-order valence-electron chi connectivity index (χ1n) is 7.16. The van der Waals surface area contributed by atoms with Crippen molar-refractivity contribution in [2.75, 3.05) is 26.7 Å². The highest BCUT2D eigenvalue weighted by atomic mass is 19.4. The number of nitrogens with one attached hydrogen (secondary N) is 1. The Kier molecular flexibility index (Phi) is 5.28. The molecule has 1 fully saturated rings. The predicted octanol–water partition coefficient (Wildman–Crippen LogP) is 2.29. The van der Waals surface area contributed by atoms with Gasteiger partial charge in [0.05, 0.1) is 5.56 Å². The zero-order chi connectivity index (χ0) is 16.2. The molecule has 0 spiro atoms. The second-order valence-electron chi connectivity index (χ2n) is 5.25. The fourth-order valence-corrected chi connectivity index (χ4v) is 2.58. The Morgan fingerprint density at radius 1 is 1.36 bits per heavy atom. The molecule has 0 saturated carbocycles. The van der Waals surface area contributed by atoms with Gasteiger partial charge in [0, 0.05) is 19.1 Å². The van der Waals surface area contributed by atoms with E-state index in [4.69, 9.17) is 4.74 Å². The second kappa shape index (κ2) is 7.00. The lowest BCUT2D eigenvalue weighted by Gasteiger charge is -2.24. The molecule has 1 aromatic rings. The Hall–Kier alpha value is -1.76. The molecule has 22 heavy (non-hydrogen) atoms. The largest absolute Gasteiger partial charge is 0.484 e. The summed E-state index contributed by atoms with van der Waals surface area (Å²) in [4.78, 5) is 13.9. The van der Waals surface area contributed by atoms with Crippen molar-refractivity contribution < 1.29 is 22.7 Å². The van der Waals surface area contributed by atoms with Crippen LogP contribution in [0.1, 0.15) is 18.4 Å². The second-order valence-corrected chi connectivity index (χ2v) is 5.25. The molecule has 0 aromatic heterocycles. The number of carbonyl (C=O) groups is 1. The number of rotatable bonds is 5. The zero-order valence-corrected chi connectivity index (χ0v) is 12.3. The summed E-state index contributed by atoms with van der Waals surface area (Å²) in [5, 5.41) is 3.05. The van der Waals surface area contributed by atoms with Crippen LogP contribution in [0.4, 0.5) is 13.2 Å². The van der Waals surface area contributed by atoms with E-state index in [1.807, 2.05) is 7.05 Å². The highest BCUT2D eigenvalue weighted by Gasteiger charge is 2.30. The van der Waals surface area contributed by atoms with Gasteiger partial charge in [-0.1, -0.05) is 0 Å². The molecule has 1 N–H and O–H groups in total. The first-order chi connectivity index (χ1) is 10.4. The van der Waals surface area contributed by atoms with Gasteiger partial charge in [0.15, 0.2) is 6.61 Å². The minimum absolute atomic E-state index is 0.141. The predicted molar refractivity (Wildman–Crippen MR) is 75.6 cm³/mol. The molecular formula is C15H19F3N2O2. The van der Waals surface area contributed by atoms with Crippen molar-refractivity contribution in [3.05, 3.63) is 29.8 Å². The van der Waals surface area contributed by atoms with Crippen LogP contribution in [-0.2, 0) is 11.0 Å². The summed E-state index contributed by atoms with van der Waals surface area (Å²) in [6.45, 7) is 1.26. The number of nitrogens with zero attached hydrogens (tertiary/aromatic N) is 1. The van der Waals surface area contributed by atoms with Gasteiger partial charge in [-0.25, -0.2) is 0 Å². The smallest absolute Gasteiger partial charge is 0.416 e. The first kappa shape index (κ1) is 16.6. The number of carbonyl (C=O) groups excluding carboxylic acids is 1. The normalized spacial score (nSPS) is 18.5. The summed E-state index contributed by atoms with van der Waals surface area (Å²) in [5.74, 6) is 0.114. The van der Waals surface area contributed by atoms with Gasteiger partial charge < -0.3 is 15.0 Å². The zero-order valence-electron chi connectivity index (χ0n) is 12.3. The highest BCUT2D eigenvalue weighted by molar-refractivity contribution is 5.78. The molecule has 1 aliphatic heterocycles. The van der Waals surface area contributed by atoms with Crippen molar-refractivity contribution in [1.29, 1.82) is 0 Å². The fraction of sp³-hybridized carbons (Fsp3) is 0.533. The number of benzene rings is 1. The molecule has 0 bridgehead atoms. The van der Waals surface area contributed by atoms with E-state index in [-0.39, 0.29) is 24.3 Å². The summed E-state index contributed by atoms with van der Waals surface area (Å²) in [6, 6.07) is 4.50. The van der Waals surface area contributed by atoms with Gasteiger partial charge >= 0.3 is 6.18 Å². The van der Waals surface area contributed by atoms with Crippen LogP contribution in [0.2, 0.25) is 0 Å². The Balaban J connectivity index is 1.88. The van der Waals surface area contributed by atoms with Gasteiger partial charge in [-0.3, -0.25) is 4.79 Å². The minimum Gasteiger partial charge on any atom is -0.484 e. The Bertz CT molecular complexity index is 503. The van der Waals surface area contributed by atoms with Crippen LogP contribution in [0.3, 0.4) is 0 Å². The number of likely N-dealkylation sites (N-methyl/N-ethyl adjacent to an activating group) is 1. The lowest BCUT2D eigenvalue weighted by molar-refractivity contribution is -0.138. The number of hydrogen-bond acceptors (Lipinski definition) is 3. The van der Waals surface area contributed by atoms with E-state index in [1.54, 1.807) is 4.90 Å². The lowest BCUT2D eigenvalue weighted by atomic mass is 10.2. The molecule has 7 heteroatoms. The molecular weight excluding hydrogens is 297 g/mol. The number of hydrogen-bond donors (Lipinski definition) is 1. The van der Waals surface area contributed by atoms with E-state index >= 15 is 0 Å². The molecule has 1 heterocycles. The minimum atomic E-state index is -4.37. The molecule has 1 amide bonds. The fourth-order valence-electron chi connectivity index (χ4n) is 2.58. The van der Waals surface area contributed by atoms with Crippen molar-refractivity contribution in [3.63, 3.8) is 0 Å². The molecule has 1 saturated heterocycles. The van der Waals surface area contributed by atoms with Crippen LogP contribution in [0.15, 0.2) is 24.3 Å². The SMILES string of the molecule is CNCC1CCCN1C(=O)COc1ccc(C(F)(F)F)cc1. The molecule has 2 rings (SSSR count). The van der Waals surface area contributed by atoms with Crippen molar-refractivity contribution >= 4 is 5.91 Å². The van der Waals surface area contributed by atoms with E-state index in [1.165, 1.54) is 12.1 Å². The number of halogens is 3. The molecule has 4 nitrogen and oxygen atoms in total. The van der Waals surface area contributed by atoms with Crippen LogP contribution in [-0.4, -0.2) is 43.6 Å². The van der Waals surface area contributed by atoms with Crippen molar-refractivity contribution in [1.82, 2.24) is 10.2 Å². The van der Waals surface area contributed by atoms with Gasteiger partial charge in [0.1, 0.15) is 5.75 Å². The summed E-state index contributed by atoms with van der Waals surface area (Å²) in [7, 11) is 1.83. The van der Waals surface area contributed by atoms with Gasteiger partial charge in [-0.05, 0) is 44.2 Å². The number of amides is 1. The van der Waals surface area contributed by atoms with E-state index in [0.717, 1.165) is 31.5 Å². The Morgan fingerprint density at radius 2 is 2.05 bits per heavy atom. The van der Waals surface area contributed by atoms with Crippen LogP contribution < -0.4 is 10.1 Å². The Morgan fingerprint density at radius 3 is 2.64 bits per heavy atom. The summed E-state index contributed by atoms with van der Waals surface area (Å²) in [5.41, 5.74) is -0.736. The van der Waals surface area contributed by atoms with E-state index < -0.39 is 11.7 Å². The average molecular weight is 316 g/mol. The number of alkyl halides is 3. The van der Waals surface area contributed by atoms with Crippen LogP contribution in [0.5, 0.6) is 5.75 Å². The number of likely N-dealkylation sites (tertiary alicyclic amines) is 1. The summed E-state index contributed by atoms with van der Waals surface area (Å²) in [6.07, 6.45) is -2.46. The number of ether oxygens (including phenoxy) is 1. The van der Waals surface area contributed by atoms with Gasteiger partial charge in [-0.2, -0.15) is 13.2 Å². The molecule has 0 radical (unpaired) electrons. The van der Waals surface area contributed by atoms with Crippen molar-refractivity contribution in [3.8, 4) is 5.75 Å². The van der Waals surface area contributed by atoms with Gasteiger partial charge in [0.25, 0.3) is 5.91 Å². The van der Waals surface area contributed by atoms with Gasteiger partial charge in [0.2, 0.25) is 0 Å². The third-order valence-electron chi connectivity index (χ3n) is 3.68. The summed E-state index contributed by atoms with van der Waals surface area (Å²) < 4.78 is 42.6. The van der Waals surface area contributed by atoms with Crippen LogP contribution in [0, 0.1) is 0 Å². The molecule has 1 aromatic carbocycles. The lowest BCUT2D eigenvalue weighted by Crippen LogP contribution is -2.43. The molecule has 1 unspecified atom stereocenters. The maximum absolute atomic E-state index is 12.4. The van der Waals surface area contributed by atoms with E-state index in [0.29, 0.717) is 6.54 Å². The van der Waals surface area contributed by atoms with Crippen molar-refractivity contribution in [2.24, 2.45) is 0 Å². The van der Waals surface area contributed by atoms with Gasteiger partial charge in [-0.15, -0.1) is 0 Å². The van der Waals surface area contributed by atoms with E-state index in [9.17, 15) is 18.0 Å². The molecule has 0 aliphatic carbocycles. The average Bonchev–Trinajstić information content (AvgIpc) is 2.93. The van der Waals surface area contributed by atoms with Crippen LogP contribution in [0.25, 0.3) is 0 Å². The maximum Gasteiger partial charge on any atom is 0.416 e. The highest BCUT2D eigenvalue weighted by Crippen LogP contribution is 2.30. The maximum atomic E-state index is 12.4. The standard InChI is InChI=1S/C15H19F3N2O2/c1-19-9-12-3-2-8-20(12)14(21)10-22-13-6-4-11(5-7-13)15(16,17)18/h4-7,12,19H,2-3,8-10H2,1H3. The molecule has 1 atom stereocenters. The van der Waals surface area contributed by atoms with E-state index in [2.05, 4.69) is 5.32 Å². The third kappa shape index (κ3) is 4.13. The van der Waals surface area contributed by atoms with Crippen molar-refractivity contribution in [2.45, 2.75) is 25.1 Å². The monoisotopic (exact) mass is 316 g/mol. The topological polar surface area (TPSA) is 41.6 Å². The third-order valence-corrected chi connectivity index (χ3v) is 3.68. The Labute approximate surface area is 127 Å². The molecule has 122 valence electrons. The molecule has 1 aliphatic rings. The first-order valence-corrected chi connectivity index (χ1v) is 7.16. The quantitative estimate of drug-likeness (QED) is 0.906. The summed E-state index contributed by atoms with van der Waals surface area (Å²) >= 11 is 0.